The molecule has 182 valence electrons. The minimum absolute atomic E-state index is 0.0885. The molecule has 8 heteroatoms. The van der Waals surface area contributed by atoms with Crippen LogP contribution in [0.25, 0.3) is 10.8 Å². The van der Waals surface area contributed by atoms with Crippen LogP contribution in [0.15, 0.2) is 36.5 Å². The number of carbonyl (C=O) groups is 1. The molecule has 0 saturated heterocycles. The van der Waals surface area contributed by atoms with Gasteiger partial charge in [0.15, 0.2) is 23.0 Å². The van der Waals surface area contributed by atoms with Crippen LogP contribution in [-0.2, 0) is 11.2 Å². The first-order valence-corrected chi connectivity index (χ1v) is 11.2. The van der Waals surface area contributed by atoms with Crippen LogP contribution in [0.5, 0.6) is 23.0 Å². The maximum atomic E-state index is 12.8. The number of amides is 1. The fraction of sp³-hybridized carbons (Fsp3) is 0.385. The van der Waals surface area contributed by atoms with Crippen molar-refractivity contribution in [1.82, 2.24) is 9.88 Å². The van der Waals surface area contributed by atoms with Crippen LogP contribution in [0.1, 0.15) is 25.1 Å². The first-order valence-electron chi connectivity index (χ1n) is 11.2. The van der Waals surface area contributed by atoms with Crippen LogP contribution < -0.4 is 24.3 Å². The summed E-state index contributed by atoms with van der Waals surface area (Å²) in [6, 6.07) is 9.47. The Morgan fingerprint density at radius 3 is 2.09 bits per heavy atom. The van der Waals surface area contributed by atoms with E-state index in [0.29, 0.717) is 41.7 Å². The molecular weight excluding hydrogens is 434 g/mol. The highest BCUT2D eigenvalue weighted by Gasteiger charge is 2.17. The Balaban J connectivity index is 2.04. The van der Waals surface area contributed by atoms with Crippen LogP contribution in [0.2, 0.25) is 0 Å². The summed E-state index contributed by atoms with van der Waals surface area (Å²) in [5.41, 5.74) is 2.36. The lowest BCUT2D eigenvalue weighted by atomic mass is 10.0. The van der Waals surface area contributed by atoms with E-state index in [-0.39, 0.29) is 5.91 Å². The molecule has 1 N–H and O–H groups in total. The van der Waals surface area contributed by atoms with E-state index in [1.807, 2.05) is 38.1 Å². The van der Waals surface area contributed by atoms with Crippen LogP contribution in [-0.4, -0.2) is 63.9 Å². The second-order valence-corrected chi connectivity index (χ2v) is 7.74. The van der Waals surface area contributed by atoms with Crippen molar-refractivity contribution in [2.24, 2.45) is 0 Å². The number of pyridine rings is 1. The molecule has 3 aromatic rings. The Kier molecular flexibility index (Phi) is 8.54. The molecule has 0 fully saturated rings. The summed E-state index contributed by atoms with van der Waals surface area (Å²) in [6.07, 6.45) is 2.23. The Hall–Kier alpha value is -3.52. The van der Waals surface area contributed by atoms with E-state index < -0.39 is 0 Å². The minimum Gasteiger partial charge on any atom is -0.493 e. The third-order valence-electron chi connectivity index (χ3n) is 5.85. The van der Waals surface area contributed by atoms with Crippen LogP contribution in [0, 0.1) is 0 Å². The highest BCUT2D eigenvalue weighted by molar-refractivity contribution is 5.94. The molecule has 8 nitrogen and oxygen atoms in total. The quantitative estimate of drug-likeness (QED) is 0.454. The number of ether oxygens (including phenoxy) is 4. The maximum Gasteiger partial charge on any atom is 0.238 e. The lowest BCUT2D eigenvalue weighted by Crippen LogP contribution is -2.33. The van der Waals surface area contributed by atoms with Crippen molar-refractivity contribution in [1.29, 1.82) is 0 Å². The fourth-order valence-corrected chi connectivity index (χ4v) is 3.90. The molecule has 0 saturated carbocycles. The number of fused-ring (bicyclic) bond motifs is 1. The van der Waals surface area contributed by atoms with Gasteiger partial charge in [0.2, 0.25) is 5.91 Å². The number of methoxy groups -OCH3 is 4. The van der Waals surface area contributed by atoms with E-state index in [1.165, 1.54) is 0 Å². The monoisotopic (exact) mass is 467 g/mol. The van der Waals surface area contributed by atoms with Gasteiger partial charge in [-0.1, -0.05) is 13.8 Å². The van der Waals surface area contributed by atoms with E-state index in [1.54, 1.807) is 40.7 Å². The van der Waals surface area contributed by atoms with Gasteiger partial charge in [0.25, 0.3) is 0 Å². The van der Waals surface area contributed by atoms with Gasteiger partial charge in [-0.15, -0.1) is 0 Å². The van der Waals surface area contributed by atoms with Crippen molar-refractivity contribution in [3.63, 3.8) is 0 Å². The summed E-state index contributed by atoms with van der Waals surface area (Å²) in [4.78, 5) is 19.5. The van der Waals surface area contributed by atoms with Crippen molar-refractivity contribution in [3.05, 3.63) is 47.8 Å². The summed E-state index contributed by atoms with van der Waals surface area (Å²) in [6.45, 7) is 5.98. The van der Waals surface area contributed by atoms with Gasteiger partial charge in [-0.3, -0.25) is 14.7 Å². The molecule has 0 atom stereocenters. The Morgan fingerprint density at radius 1 is 0.882 bits per heavy atom. The van der Waals surface area contributed by atoms with Gasteiger partial charge in [0.1, 0.15) is 0 Å². The lowest BCUT2D eigenvalue weighted by molar-refractivity contribution is -0.117. The first-order chi connectivity index (χ1) is 16.5. The normalized spacial score (nSPS) is 10.9. The maximum absolute atomic E-state index is 12.8. The molecule has 0 bridgehead atoms. The van der Waals surface area contributed by atoms with Crippen molar-refractivity contribution in [2.75, 3.05) is 53.4 Å². The zero-order valence-corrected chi connectivity index (χ0v) is 20.7. The van der Waals surface area contributed by atoms with Gasteiger partial charge >= 0.3 is 0 Å². The topological polar surface area (TPSA) is 82.2 Å². The number of nitrogens with one attached hydrogen (secondary N) is 1. The van der Waals surface area contributed by atoms with Gasteiger partial charge < -0.3 is 24.3 Å². The Morgan fingerprint density at radius 2 is 1.47 bits per heavy atom. The summed E-state index contributed by atoms with van der Waals surface area (Å²) in [5.74, 6) is 2.32. The molecule has 0 aliphatic heterocycles. The van der Waals surface area contributed by atoms with Crippen molar-refractivity contribution in [2.45, 2.75) is 20.3 Å². The van der Waals surface area contributed by atoms with E-state index in [9.17, 15) is 4.79 Å². The average molecular weight is 468 g/mol. The number of aromatic nitrogens is 1. The summed E-state index contributed by atoms with van der Waals surface area (Å²) < 4.78 is 21.9. The summed E-state index contributed by atoms with van der Waals surface area (Å²) in [5, 5.41) is 4.98. The number of hydrogen-bond acceptors (Lipinski definition) is 7. The van der Waals surface area contributed by atoms with E-state index in [0.717, 1.165) is 35.1 Å². The Labute approximate surface area is 200 Å². The standard InChI is InChI=1S/C26H33N3O5/c1-7-29(8-2)16-26(30)28-20-15-25(34-6)23(32-4)13-18(20)11-21-19-14-24(33-5)22(31-3)12-17(19)9-10-27-21/h9-10,12-15H,7-8,11,16H2,1-6H3,(H,28,30). The average Bonchev–Trinajstić information content (AvgIpc) is 2.87. The van der Waals surface area contributed by atoms with Gasteiger partial charge in [-0.2, -0.15) is 0 Å². The van der Waals surface area contributed by atoms with E-state index in [2.05, 4.69) is 15.2 Å². The zero-order valence-electron chi connectivity index (χ0n) is 20.7. The SMILES string of the molecule is CCN(CC)CC(=O)Nc1cc(OC)c(OC)cc1Cc1nccc2cc(OC)c(OC)cc12. The van der Waals surface area contributed by atoms with E-state index in [4.69, 9.17) is 18.9 Å². The van der Waals surface area contributed by atoms with Crippen LogP contribution in [0.4, 0.5) is 5.69 Å². The van der Waals surface area contributed by atoms with Gasteiger partial charge in [-0.25, -0.2) is 0 Å². The summed E-state index contributed by atoms with van der Waals surface area (Å²) >= 11 is 0. The molecule has 0 radical (unpaired) electrons. The van der Waals surface area contributed by atoms with Crippen molar-refractivity contribution < 1.29 is 23.7 Å². The lowest BCUT2D eigenvalue weighted by Gasteiger charge is -2.20. The number of carbonyl (C=O) groups excluding carboxylic acids is 1. The number of likely N-dealkylation sites (N-methyl/N-ethyl adjacent to an activating group) is 1. The van der Waals surface area contributed by atoms with Gasteiger partial charge in [-0.05, 0) is 48.3 Å². The molecule has 0 unspecified atom stereocenters. The molecule has 1 heterocycles. The number of hydrogen-bond donors (Lipinski definition) is 1. The second kappa shape index (κ2) is 11.6. The molecule has 1 aromatic heterocycles. The van der Waals surface area contributed by atoms with E-state index >= 15 is 0 Å². The molecule has 1 amide bonds. The van der Waals surface area contributed by atoms with Crippen LogP contribution >= 0.6 is 0 Å². The summed E-state index contributed by atoms with van der Waals surface area (Å²) in [7, 11) is 6.39. The highest BCUT2D eigenvalue weighted by atomic mass is 16.5. The molecule has 34 heavy (non-hydrogen) atoms. The second-order valence-electron chi connectivity index (χ2n) is 7.74. The van der Waals surface area contributed by atoms with Crippen molar-refractivity contribution in [3.8, 4) is 23.0 Å². The molecular formula is C26H33N3O5. The van der Waals surface area contributed by atoms with Crippen LogP contribution in [0.3, 0.4) is 0 Å². The van der Waals surface area contributed by atoms with Gasteiger partial charge in [0, 0.05) is 29.8 Å². The number of rotatable bonds is 11. The zero-order chi connectivity index (χ0) is 24.7. The van der Waals surface area contributed by atoms with Gasteiger partial charge in [0.05, 0.1) is 40.7 Å². The number of anilines is 1. The molecule has 0 spiro atoms. The third kappa shape index (κ3) is 5.51. The molecule has 2 aromatic carbocycles. The first kappa shape index (κ1) is 25.1. The Bertz CT molecular complexity index is 1140. The van der Waals surface area contributed by atoms with Crippen molar-refractivity contribution >= 4 is 22.4 Å². The predicted octanol–water partition coefficient (Wildman–Crippen LogP) is 4.14. The molecule has 3 rings (SSSR count). The minimum atomic E-state index is -0.0885. The predicted molar refractivity (Wildman–Crippen MR) is 134 cm³/mol. The smallest absolute Gasteiger partial charge is 0.238 e. The fourth-order valence-electron chi connectivity index (χ4n) is 3.90. The third-order valence-corrected chi connectivity index (χ3v) is 5.85. The number of benzene rings is 2. The molecule has 0 aliphatic carbocycles. The number of nitrogens with zero attached hydrogens (tertiary/aromatic N) is 2. The molecule has 0 aliphatic rings. The largest absolute Gasteiger partial charge is 0.493 e. The highest BCUT2D eigenvalue weighted by Crippen LogP contribution is 2.37.